The van der Waals surface area contributed by atoms with Gasteiger partial charge >= 0.3 is 0 Å². The second kappa shape index (κ2) is 3.48. The average molecular weight is 248 g/mol. The number of aliphatic imine (C=N–C) groups is 1. The van der Waals surface area contributed by atoms with Gasteiger partial charge in [0.1, 0.15) is 5.82 Å². The summed E-state index contributed by atoms with van der Waals surface area (Å²) in [5, 5.41) is 1.21. The largest absolute Gasteiger partial charge is 0.345 e. The van der Waals surface area contributed by atoms with Gasteiger partial charge in [0.2, 0.25) is 0 Å². The van der Waals surface area contributed by atoms with Crippen molar-refractivity contribution >= 4 is 16.9 Å². The van der Waals surface area contributed by atoms with Crippen molar-refractivity contribution in [3.8, 4) is 0 Å². The van der Waals surface area contributed by atoms with Crippen LogP contribution in [0, 0.1) is 5.82 Å². The van der Waals surface area contributed by atoms with Crippen molar-refractivity contribution in [3.63, 3.8) is 0 Å². The molecule has 0 aromatic heterocycles. The van der Waals surface area contributed by atoms with Crippen molar-refractivity contribution in [1.29, 1.82) is 0 Å². The molecule has 0 radical (unpaired) electrons. The normalized spacial score (nSPS) is 29.7. The minimum Gasteiger partial charge on any atom is -0.345 e. The third-order valence-corrected chi connectivity index (χ3v) is 4.94. The summed E-state index contributed by atoms with van der Waals surface area (Å²) >= 11 is 1.86. The maximum Gasteiger partial charge on any atom is 0.160 e. The van der Waals surface area contributed by atoms with Gasteiger partial charge in [-0.15, -0.1) is 0 Å². The molecule has 1 aliphatic carbocycles. The number of nitrogens with zero attached hydrogens (tertiary/aromatic N) is 2. The predicted molar refractivity (Wildman–Crippen MR) is 67.8 cm³/mol. The lowest BCUT2D eigenvalue weighted by Gasteiger charge is -2.31. The monoisotopic (exact) mass is 248 g/mol. The highest BCUT2D eigenvalue weighted by Gasteiger charge is 2.42. The molecule has 2 heterocycles. The topological polar surface area (TPSA) is 15.6 Å². The van der Waals surface area contributed by atoms with E-state index in [1.54, 1.807) is 12.1 Å². The Morgan fingerprint density at radius 2 is 2.35 bits per heavy atom. The number of halogens is 1. The van der Waals surface area contributed by atoms with Gasteiger partial charge in [0, 0.05) is 12.3 Å². The number of fused-ring (bicyclic) bond motifs is 5. The summed E-state index contributed by atoms with van der Waals surface area (Å²) in [4.78, 5) is 7.27. The summed E-state index contributed by atoms with van der Waals surface area (Å²) in [7, 11) is 0. The maximum absolute atomic E-state index is 13.2. The third kappa shape index (κ3) is 1.36. The van der Waals surface area contributed by atoms with Crippen molar-refractivity contribution < 1.29 is 4.39 Å². The summed E-state index contributed by atoms with van der Waals surface area (Å²) in [6.07, 6.45) is 2.09. The number of rotatable bonds is 0. The van der Waals surface area contributed by atoms with E-state index in [0.717, 1.165) is 24.9 Å². The van der Waals surface area contributed by atoms with Crippen LogP contribution in [0.2, 0.25) is 0 Å². The molecule has 0 saturated carbocycles. The molecule has 2 atom stereocenters. The molecule has 1 saturated heterocycles. The molecule has 0 amide bonds. The lowest BCUT2D eigenvalue weighted by atomic mass is 9.84. The van der Waals surface area contributed by atoms with Crippen LogP contribution in [0.25, 0.3) is 0 Å². The molecule has 17 heavy (non-hydrogen) atoms. The van der Waals surface area contributed by atoms with Gasteiger partial charge in [0.05, 0.1) is 12.1 Å². The standard InChI is InChI=1S/C13H13FN2S/c14-9-2-3-10-8(7-9)1-4-11-12(10)15-13-16(11)5-6-17-13/h2-3,7,11-12H,1,4-6H2/t11-,12-/m1/s1. The van der Waals surface area contributed by atoms with Crippen LogP contribution in [0.15, 0.2) is 23.2 Å². The van der Waals surface area contributed by atoms with Crippen LogP contribution in [-0.2, 0) is 6.42 Å². The third-order valence-electron chi connectivity index (χ3n) is 3.96. The summed E-state index contributed by atoms with van der Waals surface area (Å²) in [5.74, 6) is 1.04. The Balaban J connectivity index is 1.80. The van der Waals surface area contributed by atoms with Crippen LogP contribution in [-0.4, -0.2) is 28.4 Å². The highest BCUT2D eigenvalue weighted by molar-refractivity contribution is 8.14. The van der Waals surface area contributed by atoms with Crippen molar-refractivity contribution in [1.82, 2.24) is 4.90 Å². The molecule has 2 aliphatic heterocycles. The van der Waals surface area contributed by atoms with Crippen molar-refractivity contribution in [2.45, 2.75) is 24.9 Å². The fourth-order valence-electron chi connectivity index (χ4n) is 3.18. The second-order valence-corrected chi connectivity index (χ2v) is 5.91. The van der Waals surface area contributed by atoms with E-state index in [4.69, 9.17) is 4.99 Å². The minimum atomic E-state index is -0.122. The van der Waals surface area contributed by atoms with Gasteiger partial charge < -0.3 is 4.90 Å². The van der Waals surface area contributed by atoms with E-state index in [-0.39, 0.29) is 11.9 Å². The summed E-state index contributed by atoms with van der Waals surface area (Å²) in [6, 6.07) is 5.96. The van der Waals surface area contributed by atoms with Crippen LogP contribution in [0.3, 0.4) is 0 Å². The van der Waals surface area contributed by atoms with Crippen LogP contribution in [0.5, 0.6) is 0 Å². The smallest absolute Gasteiger partial charge is 0.160 e. The van der Waals surface area contributed by atoms with E-state index < -0.39 is 0 Å². The molecule has 0 unspecified atom stereocenters. The lowest BCUT2D eigenvalue weighted by molar-refractivity contribution is 0.297. The maximum atomic E-state index is 13.2. The molecular weight excluding hydrogens is 235 g/mol. The number of thioether (sulfide) groups is 1. The molecule has 3 aliphatic rings. The molecule has 1 aromatic carbocycles. The second-order valence-electron chi connectivity index (χ2n) is 4.85. The summed E-state index contributed by atoms with van der Waals surface area (Å²) in [6.45, 7) is 1.13. The highest BCUT2D eigenvalue weighted by Crippen LogP contribution is 2.43. The average Bonchev–Trinajstić information content (AvgIpc) is 2.88. The molecule has 88 valence electrons. The first-order valence-corrected chi connectivity index (χ1v) is 7.07. The Morgan fingerprint density at radius 1 is 1.41 bits per heavy atom. The lowest BCUT2D eigenvalue weighted by Crippen LogP contribution is -2.36. The first-order chi connectivity index (χ1) is 8.33. The Labute approximate surface area is 104 Å². The van der Waals surface area contributed by atoms with Crippen LogP contribution >= 0.6 is 11.8 Å². The number of benzene rings is 1. The number of hydrogen-bond donors (Lipinski definition) is 0. The molecule has 0 N–H and O–H groups in total. The fraction of sp³-hybridized carbons (Fsp3) is 0.462. The molecule has 1 aromatic rings. The Hall–Kier alpha value is -1.03. The van der Waals surface area contributed by atoms with Gasteiger partial charge in [-0.1, -0.05) is 17.8 Å². The van der Waals surface area contributed by atoms with Crippen LogP contribution in [0.4, 0.5) is 4.39 Å². The number of aryl methyl sites for hydroxylation is 1. The van der Waals surface area contributed by atoms with Gasteiger partial charge in [0.25, 0.3) is 0 Å². The fourth-order valence-corrected chi connectivity index (χ4v) is 4.23. The van der Waals surface area contributed by atoms with Crippen molar-refractivity contribution in [2.75, 3.05) is 12.3 Å². The van der Waals surface area contributed by atoms with Crippen molar-refractivity contribution in [2.24, 2.45) is 4.99 Å². The van der Waals surface area contributed by atoms with E-state index in [1.807, 2.05) is 17.8 Å². The van der Waals surface area contributed by atoms with Crippen LogP contribution < -0.4 is 0 Å². The zero-order valence-corrected chi connectivity index (χ0v) is 10.2. The van der Waals surface area contributed by atoms with Gasteiger partial charge in [-0.2, -0.15) is 0 Å². The van der Waals surface area contributed by atoms with E-state index in [1.165, 1.54) is 16.5 Å². The molecule has 4 rings (SSSR count). The van der Waals surface area contributed by atoms with E-state index >= 15 is 0 Å². The molecule has 4 heteroatoms. The zero-order valence-electron chi connectivity index (χ0n) is 9.40. The van der Waals surface area contributed by atoms with E-state index in [9.17, 15) is 4.39 Å². The quantitative estimate of drug-likeness (QED) is 0.701. The number of hydrogen-bond acceptors (Lipinski definition) is 3. The molecular formula is C13H13FN2S. The van der Waals surface area contributed by atoms with E-state index in [0.29, 0.717) is 6.04 Å². The summed E-state index contributed by atoms with van der Waals surface area (Å²) in [5.41, 5.74) is 2.40. The number of amidine groups is 1. The van der Waals surface area contributed by atoms with Gasteiger partial charge in [-0.25, -0.2) is 4.39 Å². The van der Waals surface area contributed by atoms with Crippen molar-refractivity contribution in [3.05, 3.63) is 35.1 Å². The SMILES string of the molecule is Fc1ccc2c(c1)CC[C@@H]1[C@@H]2N=C2SCCN21. The van der Waals surface area contributed by atoms with Gasteiger partial charge in [-0.05, 0) is 36.1 Å². The van der Waals surface area contributed by atoms with Gasteiger partial charge in [-0.3, -0.25) is 4.99 Å². The molecule has 1 fully saturated rings. The predicted octanol–water partition coefficient (Wildman–Crippen LogP) is 2.60. The minimum absolute atomic E-state index is 0.122. The highest BCUT2D eigenvalue weighted by atomic mass is 32.2. The molecule has 0 spiro atoms. The van der Waals surface area contributed by atoms with E-state index in [2.05, 4.69) is 4.90 Å². The molecule has 0 bridgehead atoms. The van der Waals surface area contributed by atoms with Gasteiger partial charge in [0.15, 0.2) is 5.17 Å². The first kappa shape index (κ1) is 9.95. The first-order valence-electron chi connectivity index (χ1n) is 6.08. The molecule has 2 nitrogen and oxygen atoms in total. The zero-order chi connectivity index (χ0) is 11.4. The van der Waals surface area contributed by atoms with Crippen LogP contribution in [0.1, 0.15) is 23.6 Å². The Kier molecular flexibility index (Phi) is 2.04. The Bertz CT molecular complexity index is 514. The Morgan fingerprint density at radius 3 is 3.29 bits per heavy atom. The summed E-state index contributed by atoms with van der Waals surface area (Å²) < 4.78 is 13.2.